The van der Waals surface area contributed by atoms with Crippen LogP contribution in [0.3, 0.4) is 0 Å². The summed E-state index contributed by atoms with van der Waals surface area (Å²) in [5.41, 5.74) is 0. The highest BCUT2D eigenvalue weighted by molar-refractivity contribution is 6.05. The predicted octanol–water partition coefficient (Wildman–Crippen LogP) is -1.22. The first-order valence-corrected chi connectivity index (χ1v) is 4.43. The van der Waals surface area contributed by atoms with Gasteiger partial charge >= 0.3 is 0 Å². The number of carbonyl (C=O) groups is 2. The molecule has 2 aliphatic rings. The van der Waals surface area contributed by atoms with Gasteiger partial charge in [0.05, 0.1) is 19.1 Å². The molecule has 0 aromatic carbocycles. The smallest absolute Gasteiger partial charge is 0.244 e. The van der Waals surface area contributed by atoms with Crippen molar-refractivity contribution in [1.29, 1.82) is 0 Å². The van der Waals surface area contributed by atoms with Gasteiger partial charge in [-0.15, -0.1) is 0 Å². The minimum absolute atomic E-state index is 0.193. The Morgan fingerprint density at radius 1 is 1.46 bits per heavy atom. The summed E-state index contributed by atoms with van der Waals surface area (Å²) < 4.78 is 5.15. The molecule has 2 aliphatic heterocycles. The topological polar surface area (TPSA) is 67.4 Å². The summed E-state index contributed by atoms with van der Waals surface area (Å²) in [6.07, 6.45) is 1.17. The fourth-order valence-corrected chi connectivity index (χ4v) is 1.64. The second-order valence-corrected chi connectivity index (χ2v) is 3.40. The summed E-state index contributed by atoms with van der Waals surface area (Å²) in [5.74, 6) is -0.404. The van der Waals surface area contributed by atoms with Gasteiger partial charge in [0, 0.05) is 12.6 Å². The van der Waals surface area contributed by atoms with E-state index in [1.165, 1.54) is 0 Å². The Kier molecular flexibility index (Phi) is 2.28. The first-order valence-electron chi connectivity index (χ1n) is 4.43. The van der Waals surface area contributed by atoms with Crippen molar-refractivity contribution < 1.29 is 14.3 Å². The van der Waals surface area contributed by atoms with E-state index in [2.05, 4.69) is 10.6 Å². The molecular formula is C8H12N2O3. The van der Waals surface area contributed by atoms with Crippen LogP contribution in [0.25, 0.3) is 0 Å². The molecule has 13 heavy (non-hydrogen) atoms. The van der Waals surface area contributed by atoms with Gasteiger partial charge < -0.3 is 10.1 Å². The van der Waals surface area contributed by atoms with Gasteiger partial charge in [0.15, 0.2) is 0 Å². The summed E-state index contributed by atoms with van der Waals surface area (Å²) in [6, 6.07) is -0.124. The van der Waals surface area contributed by atoms with Crippen molar-refractivity contribution in [2.24, 2.45) is 0 Å². The molecule has 0 radical (unpaired) electrons. The van der Waals surface area contributed by atoms with E-state index in [-0.39, 0.29) is 30.3 Å². The van der Waals surface area contributed by atoms with E-state index in [4.69, 9.17) is 4.74 Å². The third kappa shape index (κ3) is 1.87. The number of imide groups is 1. The molecule has 0 aromatic rings. The zero-order valence-electron chi connectivity index (χ0n) is 7.21. The number of nitrogens with one attached hydrogen (secondary N) is 2. The SMILES string of the molecule is O=C1CC(NC2CCOC2)C(=O)N1. The number of ether oxygens (including phenoxy) is 1. The average Bonchev–Trinajstić information content (AvgIpc) is 2.63. The summed E-state index contributed by atoms with van der Waals surface area (Å²) in [7, 11) is 0. The first kappa shape index (κ1) is 8.65. The summed E-state index contributed by atoms with van der Waals surface area (Å²) in [5, 5.41) is 5.36. The van der Waals surface area contributed by atoms with Crippen LogP contribution in [0, 0.1) is 0 Å². The molecule has 0 aromatic heterocycles. The van der Waals surface area contributed by atoms with Crippen molar-refractivity contribution in [3.63, 3.8) is 0 Å². The lowest BCUT2D eigenvalue weighted by Gasteiger charge is -2.13. The van der Waals surface area contributed by atoms with Gasteiger partial charge in [0.2, 0.25) is 11.8 Å². The van der Waals surface area contributed by atoms with E-state index in [1.54, 1.807) is 0 Å². The standard InChI is InChI=1S/C8H12N2O3/c11-7-3-6(8(12)10-7)9-5-1-2-13-4-5/h5-6,9H,1-4H2,(H,10,11,12). The lowest BCUT2D eigenvalue weighted by Crippen LogP contribution is -2.42. The third-order valence-electron chi connectivity index (χ3n) is 2.34. The van der Waals surface area contributed by atoms with Crippen molar-refractivity contribution in [2.45, 2.75) is 24.9 Å². The fraction of sp³-hybridized carbons (Fsp3) is 0.750. The first-order chi connectivity index (χ1) is 6.25. The molecule has 2 atom stereocenters. The molecule has 0 bridgehead atoms. The summed E-state index contributed by atoms with van der Waals surface area (Å²) in [6.45, 7) is 1.37. The average molecular weight is 184 g/mol. The van der Waals surface area contributed by atoms with Crippen molar-refractivity contribution >= 4 is 11.8 Å². The summed E-state index contributed by atoms with van der Waals surface area (Å²) >= 11 is 0. The van der Waals surface area contributed by atoms with E-state index < -0.39 is 0 Å². The molecule has 2 fully saturated rings. The van der Waals surface area contributed by atoms with Gasteiger partial charge in [-0.1, -0.05) is 0 Å². The Morgan fingerprint density at radius 2 is 2.31 bits per heavy atom. The van der Waals surface area contributed by atoms with Gasteiger partial charge in [0.1, 0.15) is 0 Å². The maximum atomic E-state index is 11.1. The van der Waals surface area contributed by atoms with Crippen molar-refractivity contribution in [2.75, 3.05) is 13.2 Å². The zero-order valence-corrected chi connectivity index (χ0v) is 7.21. The van der Waals surface area contributed by atoms with Gasteiger partial charge in [-0.2, -0.15) is 0 Å². The summed E-state index contributed by atoms with van der Waals surface area (Å²) in [4.78, 5) is 22.0. The van der Waals surface area contributed by atoms with Crippen LogP contribution in [0.1, 0.15) is 12.8 Å². The second-order valence-electron chi connectivity index (χ2n) is 3.40. The molecule has 72 valence electrons. The molecule has 2 amide bonds. The Bertz CT molecular complexity index is 236. The Hall–Kier alpha value is -0.940. The van der Waals surface area contributed by atoms with Gasteiger partial charge in [-0.25, -0.2) is 0 Å². The van der Waals surface area contributed by atoms with Crippen LogP contribution < -0.4 is 10.6 Å². The van der Waals surface area contributed by atoms with Crippen LogP contribution in [0.5, 0.6) is 0 Å². The van der Waals surface area contributed by atoms with Crippen LogP contribution in [0.2, 0.25) is 0 Å². The molecule has 0 saturated carbocycles. The van der Waals surface area contributed by atoms with Gasteiger partial charge in [-0.05, 0) is 6.42 Å². The monoisotopic (exact) mass is 184 g/mol. The van der Waals surface area contributed by atoms with E-state index >= 15 is 0 Å². The number of hydrogen-bond acceptors (Lipinski definition) is 4. The Morgan fingerprint density at radius 3 is 2.85 bits per heavy atom. The minimum Gasteiger partial charge on any atom is -0.380 e. The maximum Gasteiger partial charge on any atom is 0.244 e. The van der Waals surface area contributed by atoms with Crippen LogP contribution in [0.4, 0.5) is 0 Å². The molecule has 2 rings (SSSR count). The second kappa shape index (κ2) is 3.43. The molecule has 2 heterocycles. The van der Waals surface area contributed by atoms with E-state index in [9.17, 15) is 9.59 Å². The highest BCUT2D eigenvalue weighted by atomic mass is 16.5. The number of carbonyl (C=O) groups excluding carboxylic acids is 2. The molecule has 2 N–H and O–H groups in total. The molecule has 0 aliphatic carbocycles. The van der Waals surface area contributed by atoms with Crippen LogP contribution in [-0.2, 0) is 14.3 Å². The molecular weight excluding hydrogens is 172 g/mol. The number of hydrogen-bond donors (Lipinski definition) is 2. The molecule has 2 saturated heterocycles. The van der Waals surface area contributed by atoms with Crippen LogP contribution in [-0.4, -0.2) is 37.1 Å². The zero-order chi connectivity index (χ0) is 9.26. The highest BCUT2D eigenvalue weighted by Gasteiger charge is 2.32. The number of amides is 2. The largest absolute Gasteiger partial charge is 0.380 e. The van der Waals surface area contributed by atoms with E-state index in [0.29, 0.717) is 6.61 Å². The van der Waals surface area contributed by atoms with E-state index in [0.717, 1.165) is 13.0 Å². The molecule has 0 spiro atoms. The Labute approximate surface area is 75.8 Å². The Balaban J connectivity index is 1.87. The van der Waals surface area contributed by atoms with Crippen molar-refractivity contribution in [1.82, 2.24) is 10.6 Å². The maximum absolute atomic E-state index is 11.1. The predicted molar refractivity (Wildman–Crippen MR) is 43.9 cm³/mol. The van der Waals surface area contributed by atoms with Gasteiger partial charge in [0.25, 0.3) is 0 Å². The molecule has 2 unspecified atom stereocenters. The quantitative estimate of drug-likeness (QED) is 0.528. The van der Waals surface area contributed by atoms with Gasteiger partial charge in [-0.3, -0.25) is 14.9 Å². The van der Waals surface area contributed by atoms with Crippen LogP contribution >= 0.6 is 0 Å². The lowest BCUT2D eigenvalue weighted by atomic mass is 10.2. The van der Waals surface area contributed by atoms with Crippen molar-refractivity contribution in [3.05, 3.63) is 0 Å². The third-order valence-corrected chi connectivity index (χ3v) is 2.34. The fourth-order valence-electron chi connectivity index (χ4n) is 1.64. The highest BCUT2D eigenvalue weighted by Crippen LogP contribution is 2.08. The normalized spacial score (nSPS) is 33.8. The number of rotatable bonds is 2. The lowest BCUT2D eigenvalue weighted by molar-refractivity contribution is -0.125. The molecule has 5 heteroatoms. The van der Waals surface area contributed by atoms with Crippen molar-refractivity contribution in [3.8, 4) is 0 Å². The van der Waals surface area contributed by atoms with E-state index in [1.807, 2.05) is 0 Å². The minimum atomic E-state index is -0.348. The molecule has 5 nitrogen and oxygen atoms in total. The van der Waals surface area contributed by atoms with Crippen LogP contribution in [0.15, 0.2) is 0 Å².